The quantitative estimate of drug-likeness (QED) is 0.330. The molecule has 0 bridgehead atoms. The SMILES string of the molecule is Cc1ccccc1-c1ccc(C(=O)Nc2ccc(Cl)cc2C(=O)Nc2ccc(Cl)cn2)cc1. The minimum absolute atomic E-state index is 0.212. The first kappa shape index (κ1) is 22.5. The van der Waals surface area contributed by atoms with Crippen molar-refractivity contribution in [2.24, 2.45) is 0 Å². The molecule has 3 aromatic carbocycles. The number of hydrogen-bond acceptors (Lipinski definition) is 3. The van der Waals surface area contributed by atoms with Crippen LogP contribution in [-0.4, -0.2) is 16.8 Å². The van der Waals surface area contributed by atoms with E-state index >= 15 is 0 Å². The normalized spacial score (nSPS) is 10.5. The van der Waals surface area contributed by atoms with Crippen LogP contribution in [0.2, 0.25) is 10.0 Å². The average molecular weight is 476 g/mol. The van der Waals surface area contributed by atoms with Crippen molar-refractivity contribution < 1.29 is 9.59 Å². The van der Waals surface area contributed by atoms with Crippen molar-refractivity contribution in [3.8, 4) is 11.1 Å². The van der Waals surface area contributed by atoms with Crippen molar-refractivity contribution >= 4 is 46.5 Å². The van der Waals surface area contributed by atoms with Gasteiger partial charge >= 0.3 is 0 Å². The third kappa shape index (κ3) is 5.40. The third-order valence-corrected chi connectivity index (χ3v) is 5.51. The second kappa shape index (κ2) is 9.86. The zero-order chi connectivity index (χ0) is 23.4. The Morgan fingerprint density at radius 3 is 2.21 bits per heavy atom. The van der Waals surface area contributed by atoms with Crippen LogP contribution in [0, 0.1) is 6.92 Å². The Morgan fingerprint density at radius 1 is 0.788 bits per heavy atom. The van der Waals surface area contributed by atoms with Crippen LogP contribution in [0.3, 0.4) is 0 Å². The van der Waals surface area contributed by atoms with E-state index in [9.17, 15) is 9.59 Å². The smallest absolute Gasteiger partial charge is 0.258 e. The molecular weight excluding hydrogens is 457 g/mol. The highest BCUT2D eigenvalue weighted by Gasteiger charge is 2.16. The summed E-state index contributed by atoms with van der Waals surface area (Å²) >= 11 is 11.9. The highest BCUT2D eigenvalue weighted by Crippen LogP contribution is 2.25. The first-order valence-corrected chi connectivity index (χ1v) is 10.9. The summed E-state index contributed by atoms with van der Waals surface area (Å²) in [6.45, 7) is 2.04. The molecule has 0 aliphatic carbocycles. The van der Waals surface area contributed by atoms with E-state index in [0.29, 0.717) is 27.1 Å². The van der Waals surface area contributed by atoms with Crippen molar-refractivity contribution in [3.05, 3.63) is 112 Å². The lowest BCUT2D eigenvalue weighted by Crippen LogP contribution is -2.18. The zero-order valence-electron chi connectivity index (χ0n) is 17.6. The number of carbonyl (C=O) groups excluding carboxylic acids is 2. The summed E-state index contributed by atoms with van der Waals surface area (Å²) in [4.78, 5) is 29.8. The monoisotopic (exact) mass is 475 g/mol. The molecule has 164 valence electrons. The van der Waals surface area contributed by atoms with E-state index in [-0.39, 0.29) is 11.5 Å². The number of hydrogen-bond donors (Lipinski definition) is 2. The lowest BCUT2D eigenvalue weighted by Gasteiger charge is -2.12. The summed E-state index contributed by atoms with van der Waals surface area (Å²) in [6.07, 6.45) is 1.43. The van der Waals surface area contributed by atoms with Crippen molar-refractivity contribution in [1.82, 2.24) is 4.98 Å². The summed E-state index contributed by atoms with van der Waals surface area (Å²) in [6, 6.07) is 23.3. The molecule has 0 aliphatic heterocycles. The van der Waals surface area contributed by atoms with Gasteiger partial charge < -0.3 is 10.6 Å². The molecule has 4 rings (SSSR count). The topological polar surface area (TPSA) is 71.1 Å². The van der Waals surface area contributed by atoms with Gasteiger partial charge in [0.05, 0.1) is 16.3 Å². The van der Waals surface area contributed by atoms with Crippen molar-refractivity contribution in [1.29, 1.82) is 0 Å². The molecule has 33 heavy (non-hydrogen) atoms. The summed E-state index contributed by atoms with van der Waals surface area (Å²) < 4.78 is 0. The van der Waals surface area contributed by atoms with Gasteiger partial charge in [0.25, 0.3) is 11.8 Å². The van der Waals surface area contributed by atoms with E-state index in [1.54, 1.807) is 36.4 Å². The molecule has 0 radical (unpaired) electrons. The summed E-state index contributed by atoms with van der Waals surface area (Å²) in [7, 11) is 0. The Balaban J connectivity index is 1.54. The van der Waals surface area contributed by atoms with Gasteiger partial charge in [0.1, 0.15) is 5.82 Å². The van der Waals surface area contributed by atoms with E-state index in [4.69, 9.17) is 23.2 Å². The maximum absolute atomic E-state index is 12.9. The number of nitrogens with one attached hydrogen (secondary N) is 2. The molecule has 0 unspecified atom stereocenters. The number of halogens is 2. The molecule has 1 heterocycles. The van der Waals surface area contributed by atoms with E-state index in [1.807, 2.05) is 43.3 Å². The fraction of sp³-hybridized carbons (Fsp3) is 0.0385. The molecule has 0 atom stereocenters. The number of carbonyl (C=O) groups is 2. The Morgan fingerprint density at radius 2 is 1.52 bits per heavy atom. The van der Waals surface area contributed by atoms with E-state index in [2.05, 4.69) is 15.6 Å². The van der Waals surface area contributed by atoms with Gasteiger partial charge in [0.15, 0.2) is 0 Å². The number of anilines is 2. The molecule has 4 aromatic rings. The van der Waals surface area contributed by atoms with Crippen LogP contribution in [0.25, 0.3) is 11.1 Å². The predicted molar refractivity (Wildman–Crippen MR) is 133 cm³/mol. The molecule has 0 fully saturated rings. The summed E-state index contributed by atoms with van der Waals surface area (Å²) in [5, 5.41) is 6.30. The van der Waals surface area contributed by atoms with Crippen LogP contribution < -0.4 is 10.6 Å². The fourth-order valence-electron chi connectivity index (χ4n) is 3.34. The maximum atomic E-state index is 12.9. The first-order chi connectivity index (χ1) is 15.9. The average Bonchev–Trinajstić information content (AvgIpc) is 2.82. The van der Waals surface area contributed by atoms with Crippen molar-refractivity contribution in [3.63, 3.8) is 0 Å². The van der Waals surface area contributed by atoms with Crippen molar-refractivity contribution in [2.45, 2.75) is 6.92 Å². The molecule has 0 aliphatic rings. The number of aryl methyl sites for hydroxylation is 1. The number of amides is 2. The number of nitrogens with zero attached hydrogens (tertiary/aromatic N) is 1. The number of rotatable bonds is 5. The summed E-state index contributed by atoms with van der Waals surface area (Å²) in [5.74, 6) is -0.474. The largest absolute Gasteiger partial charge is 0.321 e. The van der Waals surface area contributed by atoms with Crippen LogP contribution in [0.4, 0.5) is 11.5 Å². The van der Waals surface area contributed by atoms with Crippen LogP contribution in [0.5, 0.6) is 0 Å². The van der Waals surface area contributed by atoms with Crippen LogP contribution in [0.15, 0.2) is 85.1 Å². The number of pyridine rings is 1. The molecule has 2 N–H and O–H groups in total. The van der Waals surface area contributed by atoms with Gasteiger partial charge in [0.2, 0.25) is 0 Å². The second-order valence-electron chi connectivity index (χ2n) is 7.35. The lowest BCUT2D eigenvalue weighted by atomic mass is 9.99. The molecule has 0 spiro atoms. The van der Waals surface area contributed by atoms with Crippen molar-refractivity contribution in [2.75, 3.05) is 10.6 Å². The van der Waals surface area contributed by atoms with Gasteiger partial charge in [-0.3, -0.25) is 9.59 Å². The Hall–Kier alpha value is -3.67. The predicted octanol–water partition coefficient (Wildman–Crippen LogP) is 6.87. The van der Waals surface area contributed by atoms with Gasteiger partial charge in [-0.15, -0.1) is 0 Å². The van der Waals surface area contributed by atoms with Crippen LogP contribution >= 0.6 is 23.2 Å². The molecule has 7 heteroatoms. The molecule has 1 aromatic heterocycles. The minimum atomic E-state index is -0.461. The fourth-order valence-corrected chi connectivity index (χ4v) is 3.62. The number of aromatic nitrogens is 1. The highest BCUT2D eigenvalue weighted by atomic mass is 35.5. The Labute approximate surface area is 201 Å². The number of benzene rings is 3. The van der Waals surface area contributed by atoms with Gasteiger partial charge in [-0.2, -0.15) is 0 Å². The van der Waals surface area contributed by atoms with Crippen LogP contribution in [-0.2, 0) is 0 Å². The van der Waals surface area contributed by atoms with E-state index in [1.165, 1.54) is 12.3 Å². The molecular formula is C26H19Cl2N3O2. The van der Waals surface area contributed by atoms with E-state index in [0.717, 1.165) is 16.7 Å². The third-order valence-electron chi connectivity index (χ3n) is 5.05. The van der Waals surface area contributed by atoms with Crippen LogP contribution in [0.1, 0.15) is 26.3 Å². The van der Waals surface area contributed by atoms with Gasteiger partial charge in [-0.1, -0.05) is 59.6 Å². The zero-order valence-corrected chi connectivity index (χ0v) is 19.1. The minimum Gasteiger partial charge on any atom is -0.321 e. The molecule has 0 saturated carbocycles. The van der Waals surface area contributed by atoms with Gasteiger partial charge in [-0.25, -0.2) is 4.98 Å². The summed E-state index contributed by atoms with van der Waals surface area (Å²) in [5.41, 5.74) is 4.29. The molecule has 0 saturated heterocycles. The Kier molecular flexibility index (Phi) is 6.73. The maximum Gasteiger partial charge on any atom is 0.258 e. The van der Waals surface area contributed by atoms with E-state index < -0.39 is 5.91 Å². The van der Waals surface area contributed by atoms with Gasteiger partial charge in [0, 0.05) is 16.8 Å². The lowest BCUT2D eigenvalue weighted by molar-refractivity contribution is 0.102. The second-order valence-corrected chi connectivity index (χ2v) is 8.22. The molecule has 5 nitrogen and oxygen atoms in total. The van der Waals surface area contributed by atoms with Gasteiger partial charge in [-0.05, 0) is 66.1 Å². The highest BCUT2D eigenvalue weighted by molar-refractivity contribution is 6.31. The Bertz CT molecular complexity index is 1320. The standard InChI is InChI=1S/C26H19Cl2N3O2/c1-16-4-2-3-5-21(16)17-6-8-18(9-7-17)25(32)30-23-12-10-19(27)14-22(23)26(33)31-24-13-11-20(28)15-29-24/h2-15H,1H3,(H,30,32)(H,29,31,33). The first-order valence-electron chi connectivity index (χ1n) is 10.1. The molecule has 2 amide bonds.